The Morgan fingerprint density at radius 3 is 2.67 bits per heavy atom. The van der Waals surface area contributed by atoms with Gasteiger partial charge in [0.05, 0.1) is 6.10 Å². The third kappa shape index (κ3) is 2.65. The lowest BCUT2D eigenvalue weighted by molar-refractivity contribution is -0.187. The van der Waals surface area contributed by atoms with Gasteiger partial charge in [0, 0.05) is 23.2 Å². The number of hydrogen-bond donors (Lipinski definition) is 0. The lowest BCUT2D eigenvalue weighted by Gasteiger charge is -2.56. The number of hydrogen-bond acceptors (Lipinski definition) is 6. The monoisotopic (exact) mass is 480 g/mol. The van der Waals surface area contributed by atoms with E-state index in [4.69, 9.17) is 9.47 Å². The second-order valence-electron chi connectivity index (χ2n) is 10.7. The quantitative estimate of drug-likeness (QED) is 0.436. The maximum Gasteiger partial charge on any atom is 0.306 e. The van der Waals surface area contributed by atoms with Crippen LogP contribution in [-0.4, -0.2) is 46.4 Å². The highest BCUT2D eigenvalue weighted by Crippen LogP contribution is 2.77. The summed E-state index contributed by atoms with van der Waals surface area (Å²) in [6.07, 6.45) is 4.43. The largest absolute Gasteiger partial charge is 0.449 e. The van der Waals surface area contributed by atoms with E-state index in [1.165, 1.54) is 12.2 Å². The molecule has 1 saturated heterocycles. The van der Waals surface area contributed by atoms with Gasteiger partial charge in [-0.3, -0.25) is 14.4 Å². The Morgan fingerprint density at radius 2 is 2.00 bits per heavy atom. The molecular formula is C25H30F2O5S. The zero-order valence-electron chi connectivity index (χ0n) is 19.4. The first-order chi connectivity index (χ1) is 15.5. The molecule has 3 saturated carbocycles. The first-order valence-corrected chi connectivity index (χ1v) is 12.7. The number of alkyl halides is 2. The second-order valence-corrected chi connectivity index (χ2v) is 11.6. The zero-order valence-corrected chi connectivity index (χ0v) is 20.2. The topological polar surface area (TPSA) is 73.0 Å². The van der Waals surface area contributed by atoms with Crippen LogP contribution in [0.1, 0.15) is 53.4 Å². The van der Waals surface area contributed by atoms with Crippen molar-refractivity contribution in [3.8, 4) is 0 Å². The number of thioether (sulfide) groups is 1. The first kappa shape index (κ1) is 23.2. The molecule has 4 unspecified atom stereocenters. The lowest BCUT2D eigenvalue weighted by Crippen LogP contribution is -2.63. The molecule has 0 aromatic carbocycles. The van der Waals surface area contributed by atoms with Gasteiger partial charge in [-0.1, -0.05) is 26.8 Å². The van der Waals surface area contributed by atoms with Crippen LogP contribution in [0.4, 0.5) is 8.78 Å². The van der Waals surface area contributed by atoms with Crippen LogP contribution in [-0.2, 0) is 23.9 Å². The number of halogens is 2. The second kappa shape index (κ2) is 7.23. The van der Waals surface area contributed by atoms with Crippen molar-refractivity contribution in [2.24, 2.45) is 28.6 Å². The van der Waals surface area contributed by atoms with Crippen molar-refractivity contribution in [2.75, 3.05) is 6.01 Å². The molecule has 4 fully saturated rings. The van der Waals surface area contributed by atoms with Crippen LogP contribution >= 0.6 is 11.8 Å². The average Bonchev–Trinajstić information content (AvgIpc) is 3.44. The highest BCUT2D eigenvalue weighted by Gasteiger charge is 2.83. The molecule has 1 aliphatic heterocycles. The fraction of sp³-hybridized carbons (Fsp3) is 0.720. The van der Waals surface area contributed by atoms with E-state index in [-0.39, 0.29) is 42.5 Å². The fourth-order valence-electron chi connectivity index (χ4n) is 8.06. The molecule has 1 heterocycles. The van der Waals surface area contributed by atoms with Crippen LogP contribution in [0.5, 0.6) is 0 Å². The predicted molar refractivity (Wildman–Crippen MR) is 119 cm³/mol. The van der Waals surface area contributed by atoms with Crippen molar-refractivity contribution in [1.29, 1.82) is 0 Å². The molecule has 0 amide bonds. The van der Waals surface area contributed by atoms with Gasteiger partial charge < -0.3 is 9.47 Å². The normalized spacial score (nSPS) is 49.3. The molecule has 5 rings (SSSR count). The van der Waals surface area contributed by atoms with E-state index in [0.29, 0.717) is 30.2 Å². The summed E-state index contributed by atoms with van der Waals surface area (Å²) in [5.74, 6) is -1.42. The van der Waals surface area contributed by atoms with Crippen molar-refractivity contribution in [1.82, 2.24) is 0 Å². The summed E-state index contributed by atoms with van der Waals surface area (Å²) in [7, 11) is 0. The Labute approximate surface area is 196 Å². The van der Waals surface area contributed by atoms with Crippen molar-refractivity contribution in [3.05, 3.63) is 23.8 Å². The van der Waals surface area contributed by atoms with Crippen LogP contribution in [0.15, 0.2) is 23.8 Å². The number of carbonyl (C=O) groups is 3. The van der Waals surface area contributed by atoms with Gasteiger partial charge >= 0.3 is 5.97 Å². The maximum atomic E-state index is 15.6. The maximum absolute atomic E-state index is 15.6. The Morgan fingerprint density at radius 1 is 1.27 bits per heavy atom. The van der Waals surface area contributed by atoms with E-state index >= 15 is 4.39 Å². The number of ketones is 1. The van der Waals surface area contributed by atoms with E-state index in [9.17, 15) is 18.8 Å². The van der Waals surface area contributed by atoms with Gasteiger partial charge in [0.25, 0.3) is 0 Å². The zero-order chi connectivity index (χ0) is 24.0. The van der Waals surface area contributed by atoms with Crippen molar-refractivity contribution in [3.63, 3.8) is 0 Å². The molecular weight excluding hydrogens is 450 g/mol. The molecule has 8 heteroatoms. The molecule has 0 aromatic rings. The highest BCUT2D eigenvalue weighted by molar-refractivity contribution is 8.13. The minimum atomic E-state index is -1.49. The molecule has 0 radical (unpaired) electrons. The first-order valence-electron chi connectivity index (χ1n) is 11.7. The molecule has 33 heavy (non-hydrogen) atoms. The summed E-state index contributed by atoms with van der Waals surface area (Å²) in [4.78, 5) is 38.0. The number of allylic oxidation sites excluding steroid dienone is 2. The molecule has 0 N–H and O–H groups in total. The van der Waals surface area contributed by atoms with Gasteiger partial charge in [-0.2, -0.15) is 0 Å². The van der Waals surface area contributed by atoms with E-state index in [0.717, 1.165) is 0 Å². The smallest absolute Gasteiger partial charge is 0.306 e. The van der Waals surface area contributed by atoms with Gasteiger partial charge in [-0.15, -0.1) is 0 Å². The van der Waals surface area contributed by atoms with Crippen LogP contribution < -0.4 is 0 Å². The predicted octanol–water partition coefficient (Wildman–Crippen LogP) is 4.50. The molecule has 4 aliphatic carbocycles. The minimum absolute atomic E-state index is 0.105. The third-order valence-corrected chi connectivity index (χ3v) is 10.2. The Hall–Kier alpha value is -1.54. The van der Waals surface area contributed by atoms with Gasteiger partial charge in [0.1, 0.15) is 17.8 Å². The number of rotatable bonds is 4. The molecule has 0 aromatic heterocycles. The lowest BCUT2D eigenvalue weighted by atomic mass is 9.46. The molecule has 1 spiro atoms. The molecule has 5 aliphatic rings. The Kier molecular flexibility index (Phi) is 5.09. The molecule has 0 bridgehead atoms. The van der Waals surface area contributed by atoms with E-state index in [1.807, 2.05) is 20.8 Å². The van der Waals surface area contributed by atoms with Crippen LogP contribution in [0, 0.1) is 28.6 Å². The van der Waals surface area contributed by atoms with E-state index in [2.05, 4.69) is 0 Å². The van der Waals surface area contributed by atoms with Gasteiger partial charge in [-0.05, 0) is 67.5 Å². The number of epoxide rings is 1. The summed E-state index contributed by atoms with van der Waals surface area (Å²) >= 11 is 0.543. The summed E-state index contributed by atoms with van der Waals surface area (Å²) in [5, 5.41) is -0.472. The van der Waals surface area contributed by atoms with Crippen LogP contribution in [0.25, 0.3) is 0 Å². The summed E-state index contributed by atoms with van der Waals surface area (Å²) in [5.41, 5.74) is -3.22. The van der Waals surface area contributed by atoms with Crippen molar-refractivity contribution < 1.29 is 32.6 Å². The number of esters is 1. The van der Waals surface area contributed by atoms with Gasteiger partial charge in [0.15, 0.2) is 11.4 Å². The summed E-state index contributed by atoms with van der Waals surface area (Å²) < 4.78 is 41.3. The Bertz CT molecular complexity index is 995. The summed E-state index contributed by atoms with van der Waals surface area (Å²) in [6.45, 7) is 7.42. The molecule has 5 nitrogen and oxygen atoms in total. The van der Waals surface area contributed by atoms with Gasteiger partial charge in [0.2, 0.25) is 5.12 Å². The fourth-order valence-corrected chi connectivity index (χ4v) is 8.85. The molecule has 9 atom stereocenters. The van der Waals surface area contributed by atoms with Crippen LogP contribution in [0.3, 0.4) is 0 Å². The Balaban J connectivity index is 1.62. The highest BCUT2D eigenvalue weighted by atomic mass is 32.2. The third-order valence-electron chi connectivity index (χ3n) is 9.51. The number of carbonyl (C=O) groups excluding carboxylic acids is 3. The molecule has 180 valence electrons. The number of fused-ring (bicyclic) bond motifs is 3. The average molecular weight is 481 g/mol. The van der Waals surface area contributed by atoms with Crippen molar-refractivity contribution in [2.45, 2.75) is 76.9 Å². The van der Waals surface area contributed by atoms with Gasteiger partial charge in [-0.25, -0.2) is 8.78 Å². The summed E-state index contributed by atoms with van der Waals surface area (Å²) in [6, 6.07) is -0.900. The van der Waals surface area contributed by atoms with E-state index in [1.54, 1.807) is 13.0 Å². The van der Waals surface area contributed by atoms with Crippen LogP contribution in [0.2, 0.25) is 0 Å². The minimum Gasteiger partial charge on any atom is -0.449 e. The number of ether oxygens (including phenoxy) is 2. The standard InChI is InChI=1S/C25H30F2O5S/c1-5-20(29)32-24(21(30)33-12-26)13(2)8-15-16-10-18(27)17-9-14(28)6-7-22(17,3)25(16)19(31-25)11-23(15,24)4/h6-7,9,13,15-16,18-19H,5,8,10-12H2,1-4H3/t13-,15?,16?,18+,19+,22?,23?,24+,25-/m1/s1. The van der Waals surface area contributed by atoms with E-state index < -0.39 is 45.3 Å². The van der Waals surface area contributed by atoms with Crippen molar-refractivity contribution >= 4 is 28.6 Å². The SMILES string of the molecule is CCC(=O)O[C@]1(C(=O)SCF)[C@H](C)CC2C3C[C@H](F)C4=CC(=O)C=CC4(C)[C@@]34O[C@H]4CC21C.